The standard InChI is InChI=1S/C24H31FN4O3/c1-4-6-20(16-30)23(31)22-24(32)28(15-19-7-9-21(25)10-8-19)11-12-29(22)17-27-14-18(5-2)13-26-3/h5-10,13,16,27,31H,4,11-12,14-15,17H2,1-3H3/b18-5+,20-6+,23-22+,26-13?. The van der Waals surface area contributed by atoms with Crippen molar-refractivity contribution in [3.63, 3.8) is 0 Å². The van der Waals surface area contributed by atoms with E-state index in [-0.39, 0.29) is 35.3 Å². The van der Waals surface area contributed by atoms with Crippen molar-refractivity contribution in [2.24, 2.45) is 4.99 Å². The zero-order valence-corrected chi connectivity index (χ0v) is 18.8. The van der Waals surface area contributed by atoms with Crippen LogP contribution in [0.1, 0.15) is 25.8 Å². The molecule has 1 aliphatic rings. The van der Waals surface area contributed by atoms with E-state index in [1.165, 1.54) is 12.1 Å². The smallest absolute Gasteiger partial charge is 0.274 e. The molecule has 0 saturated carbocycles. The van der Waals surface area contributed by atoms with E-state index >= 15 is 0 Å². The minimum atomic E-state index is -0.384. The number of rotatable bonds is 10. The van der Waals surface area contributed by atoms with Crippen LogP contribution in [-0.4, -0.2) is 66.7 Å². The van der Waals surface area contributed by atoms with E-state index in [9.17, 15) is 19.1 Å². The lowest BCUT2D eigenvalue weighted by atomic mass is 10.1. The fourth-order valence-electron chi connectivity index (χ4n) is 3.39. The first-order chi connectivity index (χ1) is 15.4. The molecule has 172 valence electrons. The van der Waals surface area contributed by atoms with Gasteiger partial charge in [-0.15, -0.1) is 0 Å². The van der Waals surface area contributed by atoms with Crippen LogP contribution in [0.25, 0.3) is 0 Å². The molecule has 2 N–H and O–H groups in total. The molecule has 1 aromatic rings. The molecule has 0 unspecified atom stereocenters. The summed E-state index contributed by atoms with van der Waals surface area (Å²) in [5, 5.41) is 14.1. The molecule has 1 fully saturated rings. The Morgan fingerprint density at radius 1 is 1.25 bits per heavy atom. The van der Waals surface area contributed by atoms with Crippen molar-refractivity contribution in [1.29, 1.82) is 0 Å². The van der Waals surface area contributed by atoms with Crippen molar-refractivity contribution in [3.05, 3.63) is 70.4 Å². The Morgan fingerprint density at radius 3 is 2.53 bits per heavy atom. The fourth-order valence-corrected chi connectivity index (χ4v) is 3.39. The third-order valence-corrected chi connectivity index (χ3v) is 5.08. The molecule has 1 heterocycles. The second kappa shape index (κ2) is 12.6. The van der Waals surface area contributed by atoms with Crippen molar-refractivity contribution in [1.82, 2.24) is 15.1 Å². The number of aliphatic hydroxyl groups is 1. The third-order valence-electron chi connectivity index (χ3n) is 5.08. The molecule has 1 aliphatic heterocycles. The van der Waals surface area contributed by atoms with E-state index in [1.54, 1.807) is 41.3 Å². The molecular weight excluding hydrogens is 411 g/mol. The molecule has 0 bridgehead atoms. The van der Waals surface area contributed by atoms with Gasteiger partial charge in [0, 0.05) is 39.4 Å². The highest BCUT2D eigenvalue weighted by atomic mass is 19.1. The molecule has 0 aromatic heterocycles. The topological polar surface area (TPSA) is 85.2 Å². The number of nitrogens with one attached hydrogen (secondary N) is 1. The molecule has 0 radical (unpaired) electrons. The Hall–Kier alpha value is -3.26. The largest absolute Gasteiger partial charge is 0.505 e. The van der Waals surface area contributed by atoms with Crippen molar-refractivity contribution in [2.45, 2.75) is 26.8 Å². The zero-order valence-electron chi connectivity index (χ0n) is 18.8. The lowest BCUT2D eigenvalue weighted by molar-refractivity contribution is -0.132. The van der Waals surface area contributed by atoms with Gasteiger partial charge in [-0.1, -0.05) is 31.2 Å². The van der Waals surface area contributed by atoms with E-state index in [0.29, 0.717) is 39.0 Å². The van der Waals surface area contributed by atoms with Crippen LogP contribution >= 0.6 is 0 Å². The van der Waals surface area contributed by atoms with Crippen LogP contribution in [0.3, 0.4) is 0 Å². The Kier molecular flexibility index (Phi) is 9.81. The first-order valence-corrected chi connectivity index (χ1v) is 10.6. The van der Waals surface area contributed by atoms with Gasteiger partial charge in [0.25, 0.3) is 5.91 Å². The molecule has 32 heavy (non-hydrogen) atoms. The number of hydrogen-bond acceptors (Lipinski definition) is 6. The second-order valence-electron chi connectivity index (χ2n) is 7.34. The van der Waals surface area contributed by atoms with Gasteiger partial charge in [0.05, 0.1) is 12.2 Å². The number of aldehydes is 1. The molecule has 0 aliphatic carbocycles. The van der Waals surface area contributed by atoms with Crippen LogP contribution in [0.4, 0.5) is 4.39 Å². The minimum Gasteiger partial charge on any atom is -0.505 e. The predicted molar refractivity (Wildman–Crippen MR) is 124 cm³/mol. The molecule has 0 spiro atoms. The minimum absolute atomic E-state index is 0.0730. The number of aliphatic imine (C=N–C) groups is 1. The number of hydrogen-bond donors (Lipinski definition) is 2. The van der Waals surface area contributed by atoms with Gasteiger partial charge >= 0.3 is 0 Å². The zero-order chi connectivity index (χ0) is 23.5. The van der Waals surface area contributed by atoms with E-state index in [1.807, 2.05) is 19.9 Å². The molecule has 8 heteroatoms. The van der Waals surface area contributed by atoms with Gasteiger partial charge in [0.1, 0.15) is 11.5 Å². The summed E-state index contributed by atoms with van der Waals surface area (Å²) in [5.41, 5.74) is 1.92. The number of halogens is 1. The number of piperazine rings is 1. The lowest BCUT2D eigenvalue weighted by Gasteiger charge is -2.38. The molecule has 1 aromatic carbocycles. The normalized spacial score (nSPS) is 17.3. The fraction of sp³-hybridized carbons (Fsp3) is 0.375. The maximum absolute atomic E-state index is 13.3. The van der Waals surface area contributed by atoms with Gasteiger partial charge in [-0.25, -0.2) is 4.39 Å². The summed E-state index contributed by atoms with van der Waals surface area (Å²) in [6.45, 7) is 5.78. The first kappa shape index (κ1) is 25.0. The van der Waals surface area contributed by atoms with E-state index in [2.05, 4.69) is 10.3 Å². The summed E-state index contributed by atoms with van der Waals surface area (Å²) in [7, 11) is 1.70. The highest BCUT2D eigenvalue weighted by Crippen LogP contribution is 2.23. The number of nitrogens with zero attached hydrogens (tertiary/aromatic N) is 3. The van der Waals surface area contributed by atoms with Gasteiger partial charge in [-0.3, -0.25) is 19.9 Å². The first-order valence-electron chi connectivity index (χ1n) is 10.6. The summed E-state index contributed by atoms with van der Waals surface area (Å²) >= 11 is 0. The quantitative estimate of drug-likeness (QED) is 0.252. The Labute approximate surface area is 188 Å². The van der Waals surface area contributed by atoms with Gasteiger partial charge in [-0.05, 0) is 36.6 Å². The highest BCUT2D eigenvalue weighted by molar-refractivity contribution is 5.96. The van der Waals surface area contributed by atoms with Crippen molar-refractivity contribution in [2.75, 3.05) is 33.4 Å². The van der Waals surface area contributed by atoms with Crippen LogP contribution in [-0.2, 0) is 16.1 Å². The van der Waals surface area contributed by atoms with Gasteiger partial charge < -0.3 is 14.9 Å². The third kappa shape index (κ3) is 6.62. The van der Waals surface area contributed by atoms with Crippen molar-refractivity contribution < 1.29 is 19.1 Å². The lowest BCUT2D eigenvalue weighted by Crippen LogP contribution is -2.51. The molecule has 7 nitrogen and oxygen atoms in total. The molecule has 1 amide bonds. The van der Waals surface area contributed by atoms with Gasteiger partial charge in [-0.2, -0.15) is 0 Å². The Morgan fingerprint density at radius 2 is 1.94 bits per heavy atom. The van der Waals surface area contributed by atoms with Crippen LogP contribution in [0, 0.1) is 5.82 Å². The number of carbonyl (C=O) groups excluding carboxylic acids is 2. The summed E-state index contributed by atoms with van der Waals surface area (Å²) < 4.78 is 13.2. The SMILES string of the molecule is C/C=C(\C=NC)CNCN1CCN(Cc2ccc(F)cc2)C(=O)/C1=C(O)/C(C=O)=C/CC. The summed E-state index contributed by atoms with van der Waals surface area (Å²) in [6, 6.07) is 5.95. The summed E-state index contributed by atoms with van der Waals surface area (Å²) in [4.78, 5) is 32.2. The Bertz CT molecular complexity index is 920. The maximum Gasteiger partial charge on any atom is 0.274 e. The van der Waals surface area contributed by atoms with Crippen LogP contribution in [0.2, 0.25) is 0 Å². The number of amides is 1. The maximum atomic E-state index is 13.3. The highest BCUT2D eigenvalue weighted by Gasteiger charge is 2.32. The molecule has 1 saturated heterocycles. The molecular formula is C24H31FN4O3. The van der Waals surface area contributed by atoms with Gasteiger partial charge in [0.15, 0.2) is 12.0 Å². The average molecular weight is 443 g/mol. The number of carbonyl (C=O) groups is 2. The Balaban J connectivity index is 2.28. The molecule has 0 atom stereocenters. The van der Waals surface area contributed by atoms with Crippen molar-refractivity contribution >= 4 is 18.4 Å². The monoisotopic (exact) mass is 442 g/mol. The van der Waals surface area contributed by atoms with Crippen LogP contribution in [0.5, 0.6) is 0 Å². The summed E-state index contributed by atoms with van der Waals surface area (Å²) in [6.07, 6.45) is 6.37. The van der Waals surface area contributed by atoms with E-state index in [4.69, 9.17) is 0 Å². The van der Waals surface area contributed by atoms with Crippen molar-refractivity contribution in [3.8, 4) is 0 Å². The number of allylic oxidation sites excluding steroid dienone is 3. The second-order valence-corrected chi connectivity index (χ2v) is 7.34. The van der Waals surface area contributed by atoms with Gasteiger partial charge in [0.2, 0.25) is 0 Å². The average Bonchev–Trinajstić information content (AvgIpc) is 2.79. The predicted octanol–water partition coefficient (Wildman–Crippen LogP) is 2.97. The summed E-state index contributed by atoms with van der Waals surface area (Å²) in [5.74, 6) is -1.06. The van der Waals surface area contributed by atoms with E-state index < -0.39 is 0 Å². The van der Waals surface area contributed by atoms with Crippen LogP contribution in [0.15, 0.2) is 64.0 Å². The number of benzene rings is 1. The van der Waals surface area contributed by atoms with E-state index in [0.717, 1.165) is 11.1 Å². The molecule has 2 rings (SSSR count). The number of aliphatic hydroxyl groups excluding tert-OH is 1. The van der Waals surface area contributed by atoms with Crippen LogP contribution < -0.4 is 5.32 Å².